The fraction of sp³-hybridized carbons (Fsp3) is 0.667. The summed E-state index contributed by atoms with van der Waals surface area (Å²) in [5.74, 6) is 5.41. The van der Waals surface area contributed by atoms with Crippen LogP contribution in [0.1, 0.15) is 83.9 Å². The molecule has 0 unspecified atom stereocenters. The Labute approximate surface area is 199 Å². The van der Waals surface area contributed by atoms with Gasteiger partial charge in [-0.2, -0.15) is 4.98 Å². The number of thioether (sulfide) groups is 1. The monoisotopic (exact) mass is 478 g/mol. The Morgan fingerprint density at radius 2 is 1.94 bits per heavy atom. The third-order valence-electron chi connectivity index (χ3n) is 5.25. The van der Waals surface area contributed by atoms with Gasteiger partial charge >= 0.3 is 17.6 Å². The van der Waals surface area contributed by atoms with E-state index in [1.807, 2.05) is 6.26 Å². The zero-order chi connectivity index (χ0) is 24.2. The lowest BCUT2D eigenvalue weighted by Gasteiger charge is -2.17. The summed E-state index contributed by atoms with van der Waals surface area (Å²) in [5.41, 5.74) is 0.185. The second kappa shape index (κ2) is 14.1. The van der Waals surface area contributed by atoms with Crippen molar-refractivity contribution in [2.75, 3.05) is 12.9 Å². The average Bonchev–Trinajstić information content (AvgIpc) is 3.16. The van der Waals surface area contributed by atoms with Gasteiger partial charge in [0.25, 0.3) is 0 Å². The number of unbranched alkanes of at least 4 members (excludes halogenated alkanes) is 6. The van der Waals surface area contributed by atoms with E-state index < -0.39 is 36.1 Å². The molecule has 1 aromatic rings. The van der Waals surface area contributed by atoms with Gasteiger partial charge in [0.1, 0.15) is 30.1 Å². The summed E-state index contributed by atoms with van der Waals surface area (Å²) in [6.07, 6.45) is 9.75. The van der Waals surface area contributed by atoms with Crippen LogP contribution in [0.5, 0.6) is 0 Å². The smallest absolute Gasteiger partial charge is 0.350 e. The Morgan fingerprint density at radius 3 is 2.61 bits per heavy atom. The van der Waals surface area contributed by atoms with E-state index in [1.165, 1.54) is 62.3 Å². The molecule has 1 aliphatic heterocycles. The molecule has 0 saturated carbocycles. The van der Waals surface area contributed by atoms with Crippen LogP contribution >= 0.6 is 11.8 Å². The molecule has 3 atom stereocenters. The van der Waals surface area contributed by atoms with Crippen LogP contribution in [-0.4, -0.2) is 46.6 Å². The number of nitrogens with zero attached hydrogens (tertiary/aromatic N) is 2. The molecule has 0 amide bonds. The van der Waals surface area contributed by atoms with Gasteiger partial charge in [-0.05, 0) is 12.7 Å². The first-order valence-corrected chi connectivity index (χ1v) is 12.7. The van der Waals surface area contributed by atoms with Crippen molar-refractivity contribution in [3.05, 3.63) is 22.2 Å². The maximum atomic E-state index is 12.7. The van der Waals surface area contributed by atoms with Gasteiger partial charge in [0.2, 0.25) is 0 Å². The highest BCUT2D eigenvalue weighted by molar-refractivity contribution is 7.98. The molecule has 2 rings (SSSR count). The van der Waals surface area contributed by atoms with Crippen LogP contribution in [0.25, 0.3) is 0 Å². The second-order valence-corrected chi connectivity index (χ2v) is 8.78. The van der Waals surface area contributed by atoms with Crippen molar-refractivity contribution in [2.24, 2.45) is 0 Å². The van der Waals surface area contributed by atoms with Gasteiger partial charge in [-0.3, -0.25) is 14.2 Å². The molecule has 1 saturated heterocycles. The number of esters is 2. The number of carbonyl (C=O) groups excluding carboxylic acids is 2. The summed E-state index contributed by atoms with van der Waals surface area (Å²) in [6.45, 7) is 4.73. The molecule has 0 spiro atoms. The highest BCUT2D eigenvalue weighted by atomic mass is 32.2. The molecule has 1 aromatic heterocycles. The van der Waals surface area contributed by atoms with Crippen LogP contribution in [0.4, 0.5) is 0 Å². The molecule has 0 radical (unpaired) electrons. The van der Waals surface area contributed by atoms with Crippen molar-refractivity contribution in [1.29, 1.82) is 0 Å². The van der Waals surface area contributed by atoms with E-state index in [0.29, 0.717) is 10.6 Å². The molecule has 8 nitrogen and oxygen atoms in total. The van der Waals surface area contributed by atoms with Gasteiger partial charge in [0.05, 0.1) is 5.56 Å². The van der Waals surface area contributed by atoms with Crippen molar-refractivity contribution < 1.29 is 23.8 Å². The van der Waals surface area contributed by atoms with E-state index in [-0.39, 0.29) is 13.0 Å². The van der Waals surface area contributed by atoms with E-state index in [9.17, 15) is 14.4 Å². The van der Waals surface area contributed by atoms with Gasteiger partial charge in [-0.15, -0.1) is 11.8 Å². The van der Waals surface area contributed by atoms with Gasteiger partial charge in [-0.1, -0.05) is 50.9 Å². The predicted octanol–water partition coefficient (Wildman–Crippen LogP) is 3.85. The summed E-state index contributed by atoms with van der Waals surface area (Å²) in [4.78, 5) is 39.5. The summed E-state index contributed by atoms with van der Waals surface area (Å²) in [5, 5.41) is 0.567. The van der Waals surface area contributed by atoms with E-state index >= 15 is 0 Å². The van der Waals surface area contributed by atoms with Gasteiger partial charge < -0.3 is 14.2 Å². The molecule has 0 aliphatic carbocycles. The molecule has 33 heavy (non-hydrogen) atoms. The SMILES string of the molecule is CCCCCCCCC#Cc1cn([C@H]2C[C@H](OC(C)=O)[C@@H](COC(C)=O)O2)c(=O)nc1SC. The van der Waals surface area contributed by atoms with Crippen molar-refractivity contribution in [3.63, 3.8) is 0 Å². The molecule has 1 aliphatic rings. The quantitative estimate of drug-likeness (QED) is 0.156. The number of rotatable bonds is 11. The summed E-state index contributed by atoms with van der Waals surface area (Å²) < 4.78 is 17.7. The summed E-state index contributed by atoms with van der Waals surface area (Å²) >= 11 is 1.36. The molecule has 0 bridgehead atoms. The molecule has 9 heteroatoms. The maximum Gasteiger partial charge on any atom is 0.350 e. The van der Waals surface area contributed by atoms with Crippen LogP contribution in [0.2, 0.25) is 0 Å². The molecule has 0 aromatic carbocycles. The fourth-order valence-electron chi connectivity index (χ4n) is 3.61. The minimum Gasteiger partial charge on any atom is -0.463 e. The Bertz CT molecular complexity index is 920. The molecule has 0 N–H and O–H groups in total. The normalized spacial score (nSPS) is 19.6. The Morgan fingerprint density at radius 1 is 1.21 bits per heavy atom. The van der Waals surface area contributed by atoms with E-state index in [1.54, 1.807) is 6.20 Å². The maximum absolute atomic E-state index is 12.7. The van der Waals surface area contributed by atoms with Gasteiger partial charge in [0, 0.05) is 32.9 Å². The Balaban J connectivity index is 2.13. The van der Waals surface area contributed by atoms with Crippen LogP contribution in [0.15, 0.2) is 16.0 Å². The van der Waals surface area contributed by atoms with Crippen molar-refractivity contribution in [1.82, 2.24) is 9.55 Å². The molecular weight excluding hydrogens is 444 g/mol. The molecular formula is C24H34N2O6S. The lowest BCUT2D eigenvalue weighted by atomic mass is 10.1. The predicted molar refractivity (Wildman–Crippen MR) is 126 cm³/mol. The van der Waals surface area contributed by atoms with E-state index in [2.05, 4.69) is 23.7 Å². The number of hydrogen-bond donors (Lipinski definition) is 0. The zero-order valence-electron chi connectivity index (χ0n) is 19.9. The third kappa shape index (κ3) is 8.86. The highest BCUT2D eigenvalue weighted by Gasteiger charge is 2.39. The highest BCUT2D eigenvalue weighted by Crippen LogP contribution is 2.31. The summed E-state index contributed by atoms with van der Waals surface area (Å²) in [7, 11) is 0. The lowest BCUT2D eigenvalue weighted by molar-refractivity contribution is -0.155. The van der Waals surface area contributed by atoms with Crippen LogP contribution < -0.4 is 5.69 Å². The number of ether oxygens (including phenoxy) is 3. The minimum absolute atomic E-state index is 0.0697. The Kier molecular flexibility index (Phi) is 11.5. The van der Waals surface area contributed by atoms with E-state index in [4.69, 9.17) is 14.2 Å². The van der Waals surface area contributed by atoms with E-state index in [0.717, 1.165) is 12.8 Å². The molecule has 1 fully saturated rings. The lowest BCUT2D eigenvalue weighted by Crippen LogP contribution is -2.31. The molecule has 182 valence electrons. The largest absolute Gasteiger partial charge is 0.463 e. The van der Waals surface area contributed by atoms with Crippen LogP contribution in [0.3, 0.4) is 0 Å². The molecule has 2 heterocycles. The third-order valence-corrected chi connectivity index (χ3v) is 5.95. The average molecular weight is 479 g/mol. The summed E-state index contributed by atoms with van der Waals surface area (Å²) in [6, 6.07) is 0. The first-order chi connectivity index (χ1) is 15.8. The van der Waals surface area contributed by atoms with Crippen molar-refractivity contribution in [3.8, 4) is 11.8 Å². The van der Waals surface area contributed by atoms with Crippen molar-refractivity contribution >= 4 is 23.7 Å². The number of hydrogen-bond acceptors (Lipinski definition) is 8. The topological polar surface area (TPSA) is 96.7 Å². The Hall–Kier alpha value is -2.31. The fourth-order valence-corrected chi connectivity index (χ4v) is 4.10. The standard InChI is InChI=1S/C24H34N2O6S/c1-5-6-7-8-9-10-11-12-13-19-15-26(24(29)25-23(19)33-4)22-14-20(31-18(3)28)21(32-22)16-30-17(2)27/h15,20-22H,5-11,14,16H2,1-4H3/t20-,21+,22+/m0/s1. The number of carbonyl (C=O) groups is 2. The van der Waals surface area contributed by atoms with Gasteiger partial charge in [-0.25, -0.2) is 4.79 Å². The number of aromatic nitrogens is 2. The van der Waals surface area contributed by atoms with Crippen molar-refractivity contribution in [2.45, 2.75) is 95.6 Å². The first kappa shape index (κ1) is 26.9. The second-order valence-electron chi connectivity index (χ2n) is 7.99. The zero-order valence-corrected chi connectivity index (χ0v) is 20.7. The van der Waals surface area contributed by atoms with Crippen LogP contribution in [-0.2, 0) is 23.8 Å². The minimum atomic E-state index is -0.704. The van der Waals surface area contributed by atoms with Crippen LogP contribution in [0, 0.1) is 11.8 Å². The first-order valence-electron chi connectivity index (χ1n) is 11.5. The van der Waals surface area contributed by atoms with Gasteiger partial charge in [0.15, 0.2) is 0 Å².